The van der Waals surface area contributed by atoms with E-state index in [9.17, 15) is 29.1 Å². The molecule has 0 spiro atoms. The summed E-state index contributed by atoms with van der Waals surface area (Å²) in [7, 11) is 3.88. The molecule has 6 aromatic rings. The fourth-order valence-electron chi connectivity index (χ4n) is 9.21. The number of hydrogen-bond acceptors (Lipinski definition) is 9. The molecule has 0 fully saturated rings. The molecule has 0 atom stereocenters. The monoisotopic (exact) mass is 1220 g/mol. The predicted octanol–water partition coefficient (Wildman–Crippen LogP) is 18.2. The minimum absolute atomic E-state index is 0.0766. The van der Waals surface area contributed by atoms with E-state index < -0.39 is 11.9 Å². The van der Waals surface area contributed by atoms with Gasteiger partial charge in [0, 0.05) is 37.0 Å². The Balaban J connectivity index is 0.000000380. The van der Waals surface area contributed by atoms with Crippen molar-refractivity contribution in [3.05, 3.63) is 120 Å². The fourth-order valence-corrected chi connectivity index (χ4v) is 10.00. The van der Waals surface area contributed by atoms with Crippen molar-refractivity contribution in [2.45, 2.75) is 173 Å². The molecule has 79 heavy (non-hydrogen) atoms. The Labute approximate surface area is 487 Å². The molecule has 0 heterocycles. The number of ether oxygens (including phenoxy) is 3. The topological polar surface area (TPSA) is 174 Å². The molecule has 6 rings (SSSR count). The van der Waals surface area contributed by atoms with Gasteiger partial charge in [0.1, 0.15) is 0 Å². The highest BCUT2D eigenvalue weighted by molar-refractivity contribution is 9.09. The summed E-state index contributed by atoms with van der Waals surface area (Å²) in [4.78, 5) is 56.4. The molecule has 434 valence electrons. The number of benzene rings is 6. The van der Waals surface area contributed by atoms with Crippen molar-refractivity contribution in [3.8, 4) is 0 Å². The number of aliphatic hydroxyl groups excluding tert-OH is 1. The Hall–Kier alpha value is -5.37. The Morgan fingerprint density at radius 1 is 0.380 bits per heavy atom. The maximum atomic E-state index is 12.9. The Morgan fingerprint density at radius 3 is 0.962 bits per heavy atom. The molecule has 0 unspecified atom stereocenters. The number of alkyl halides is 2. The van der Waals surface area contributed by atoms with Gasteiger partial charge in [0.05, 0.1) is 32.0 Å². The van der Waals surface area contributed by atoms with E-state index in [-0.39, 0.29) is 17.9 Å². The lowest BCUT2D eigenvalue weighted by Crippen LogP contribution is -2.08. The number of halogens is 2. The summed E-state index contributed by atoms with van der Waals surface area (Å²) in [5.41, 5.74) is 1.05. The number of rotatable bonds is 33. The number of methoxy groups -OCH3 is 2. The van der Waals surface area contributed by atoms with Crippen LogP contribution in [0, 0.1) is 0 Å². The van der Waals surface area contributed by atoms with Crippen LogP contribution in [0.15, 0.2) is 109 Å². The first kappa shape index (κ1) is 69.7. The standard InChI is InChI=1S/C27H32O4.C15H10O2.C12H23BrO2.C11H21BrO2.CH4O/c1-30-25(28)18-8-6-4-2-3-5-7-13-19-31-27(29)26-23-16-11-9-14-21(23)20-22-15-10-12-17-24(22)26;16-15(17)14-12-7-3-1-5-10(12)9-11-6-2-4-8-13(11)14;1-15-12(14)10-8-6-4-2-3-5-7-9-11-13;12-10-8-6-4-2-1-3-5-7-9-11(13)14;1-2/h9-12,14-17,20H,2-8,13,18-19H2,1H3;1-9H,(H,16,17);2-11H2,1H3;1-10H2,(H,13,14);2H,1H3. The van der Waals surface area contributed by atoms with Crippen molar-refractivity contribution in [2.75, 3.05) is 38.6 Å². The molecule has 6 aromatic carbocycles. The van der Waals surface area contributed by atoms with Crippen LogP contribution >= 0.6 is 31.9 Å². The number of hydrogen-bond donors (Lipinski definition) is 3. The number of carboxylic acids is 2. The largest absolute Gasteiger partial charge is 0.481 e. The highest BCUT2D eigenvalue weighted by atomic mass is 79.9. The van der Waals surface area contributed by atoms with Gasteiger partial charge in [-0.15, -0.1) is 0 Å². The normalized spacial score (nSPS) is 10.5. The molecular weight excluding hydrogens is 1130 g/mol. The molecule has 0 saturated carbocycles. The summed E-state index contributed by atoms with van der Waals surface area (Å²) in [6, 6.07) is 35.3. The van der Waals surface area contributed by atoms with Gasteiger partial charge in [-0.2, -0.15) is 0 Å². The summed E-state index contributed by atoms with van der Waals surface area (Å²) in [6.07, 6.45) is 29.7. The summed E-state index contributed by atoms with van der Waals surface area (Å²) < 4.78 is 14.9. The first-order chi connectivity index (χ1) is 38.6. The van der Waals surface area contributed by atoms with E-state index in [1.165, 1.54) is 104 Å². The third-order valence-corrected chi connectivity index (χ3v) is 14.6. The lowest BCUT2D eigenvalue weighted by Gasteiger charge is -2.11. The van der Waals surface area contributed by atoms with Crippen LogP contribution in [0.3, 0.4) is 0 Å². The van der Waals surface area contributed by atoms with Gasteiger partial charge in [-0.05, 0) is 93.7 Å². The van der Waals surface area contributed by atoms with Gasteiger partial charge in [0.2, 0.25) is 0 Å². The minimum Gasteiger partial charge on any atom is -0.481 e. The van der Waals surface area contributed by atoms with Crippen molar-refractivity contribution >= 4 is 105 Å². The zero-order chi connectivity index (χ0) is 57.7. The number of carbonyl (C=O) groups is 5. The van der Waals surface area contributed by atoms with Crippen molar-refractivity contribution < 1.29 is 53.5 Å². The molecule has 0 saturated heterocycles. The van der Waals surface area contributed by atoms with Gasteiger partial charge >= 0.3 is 29.8 Å². The first-order valence-corrected chi connectivity index (χ1v) is 30.9. The van der Waals surface area contributed by atoms with Crippen LogP contribution in [0.5, 0.6) is 0 Å². The minimum atomic E-state index is -0.877. The number of unbranched alkanes of at least 4 members (excludes halogenated alkanes) is 21. The van der Waals surface area contributed by atoms with Gasteiger partial charge in [0.15, 0.2) is 0 Å². The van der Waals surface area contributed by atoms with Gasteiger partial charge in [-0.1, -0.05) is 244 Å². The summed E-state index contributed by atoms with van der Waals surface area (Å²) in [5.74, 6) is -1.97. The second kappa shape index (κ2) is 45.4. The number of aromatic carboxylic acids is 1. The molecule has 0 aromatic heterocycles. The van der Waals surface area contributed by atoms with E-state index in [1.54, 1.807) is 0 Å². The molecule has 13 heteroatoms. The zero-order valence-corrected chi connectivity index (χ0v) is 50.6. The van der Waals surface area contributed by atoms with Crippen molar-refractivity contribution in [1.82, 2.24) is 0 Å². The lowest BCUT2D eigenvalue weighted by atomic mass is 9.97. The molecule has 0 amide bonds. The second-order valence-corrected chi connectivity index (χ2v) is 21.1. The summed E-state index contributed by atoms with van der Waals surface area (Å²) in [6.45, 7) is 0.454. The summed E-state index contributed by atoms with van der Waals surface area (Å²) >= 11 is 6.84. The third kappa shape index (κ3) is 29.6. The number of carbonyl (C=O) groups excluding carboxylic acids is 3. The molecule has 11 nitrogen and oxygen atoms in total. The fraction of sp³-hybridized carbons (Fsp3) is 0.500. The molecule has 0 radical (unpaired) electrons. The summed E-state index contributed by atoms with van der Waals surface area (Å²) in [5, 5.41) is 34.5. The van der Waals surface area contributed by atoms with Gasteiger partial charge in [-0.25, -0.2) is 9.59 Å². The zero-order valence-electron chi connectivity index (χ0n) is 47.5. The van der Waals surface area contributed by atoms with Crippen molar-refractivity contribution in [3.63, 3.8) is 0 Å². The maximum Gasteiger partial charge on any atom is 0.339 e. The molecule has 0 aliphatic heterocycles. The highest BCUT2D eigenvalue weighted by Gasteiger charge is 2.16. The molecule has 3 N–H and O–H groups in total. The van der Waals surface area contributed by atoms with E-state index in [1.807, 2.05) is 103 Å². The van der Waals surface area contributed by atoms with Crippen LogP contribution in [0.4, 0.5) is 0 Å². The number of fused-ring (bicyclic) bond motifs is 4. The molecule has 0 aliphatic carbocycles. The van der Waals surface area contributed by atoms with Crippen LogP contribution in [-0.2, 0) is 28.6 Å². The SMILES string of the molecule is CO.COC(=O)CCCCCCCCCCBr.COC(=O)CCCCCCCCCCOC(=O)c1c2ccccc2cc2ccccc12.O=C(O)CCCCCCCCCCBr.O=C(O)c1c2ccccc2cc2ccccc12. The van der Waals surface area contributed by atoms with E-state index in [2.05, 4.69) is 47.4 Å². The average molecular weight is 1220 g/mol. The van der Waals surface area contributed by atoms with Gasteiger partial charge < -0.3 is 29.5 Å². The van der Waals surface area contributed by atoms with Gasteiger partial charge in [-0.3, -0.25) is 14.4 Å². The Bertz CT molecular complexity index is 2530. The van der Waals surface area contributed by atoms with Crippen LogP contribution in [0.1, 0.15) is 194 Å². The molecule has 0 aliphatic rings. The number of aliphatic carboxylic acids is 1. The van der Waals surface area contributed by atoms with E-state index >= 15 is 0 Å². The van der Waals surface area contributed by atoms with Gasteiger partial charge in [0.25, 0.3) is 0 Å². The Morgan fingerprint density at radius 2 is 0.658 bits per heavy atom. The lowest BCUT2D eigenvalue weighted by molar-refractivity contribution is -0.141. The van der Waals surface area contributed by atoms with Crippen LogP contribution < -0.4 is 0 Å². The van der Waals surface area contributed by atoms with E-state index in [0.29, 0.717) is 37.0 Å². The average Bonchev–Trinajstić information content (AvgIpc) is 3.62. The number of aliphatic hydroxyl groups is 1. The van der Waals surface area contributed by atoms with Crippen molar-refractivity contribution in [1.29, 1.82) is 0 Å². The van der Waals surface area contributed by atoms with Crippen LogP contribution in [-0.4, -0.2) is 83.8 Å². The third-order valence-electron chi connectivity index (χ3n) is 13.5. The van der Waals surface area contributed by atoms with E-state index in [0.717, 1.165) is 125 Å². The molecular formula is C66H90Br2O11. The highest BCUT2D eigenvalue weighted by Crippen LogP contribution is 2.30. The quantitative estimate of drug-likeness (QED) is 0.0118. The maximum absolute atomic E-state index is 12.9. The smallest absolute Gasteiger partial charge is 0.339 e. The first-order valence-electron chi connectivity index (χ1n) is 28.7. The number of esters is 3. The Kier molecular flexibility index (Phi) is 40.0. The van der Waals surface area contributed by atoms with Crippen LogP contribution in [0.25, 0.3) is 43.1 Å². The predicted molar refractivity (Wildman–Crippen MR) is 332 cm³/mol. The molecule has 0 bridgehead atoms. The second-order valence-electron chi connectivity index (χ2n) is 19.5. The van der Waals surface area contributed by atoms with E-state index in [4.69, 9.17) is 14.9 Å². The number of carboxylic acid groups (broad SMARTS) is 2. The van der Waals surface area contributed by atoms with Crippen molar-refractivity contribution in [2.24, 2.45) is 0 Å². The van der Waals surface area contributed by atoms with Crippen LogP contribution in [0.2, 0.25) is 0 Å².